The van der Waals surface area contributed by atoms with Crippen molar-refractivity contribution in [2.75, 3.05) is 0 Å². The second kappa shape index (κ2) is 7.37. The maximum Gasteiger partial charge on any atom is 0.120 e. The molecule has 2 aromatic rings. The normalized spacial score (nSPS) is 20.9. The van der Waals surface area contributed by atoms with Gasteiger partial charge in [-0.3, -0.25) is 0 Å². The lowest BCUT2D eigenvalue weighted by atomic mass is 10.0. The predicted octanol–water partition coefficient (Wildman–Crippen LogP) is 4.63. The van der Waals surface area contributed by atoms with Crippen LogP contribution in [0.5, 0.6) is 0 Å². The van der Waals surface area contributed by atoms with Gasteiger partial charge in [-0.25, -0.2) is 0 Å². The smallest absolute Gasteiger partial charge is 0.120 e. The zero-order valence-corrected chi connectivity index (χ0v) is 12.8. The zero-order chi connectivity index (χ0) is 15.2. The summed E-state index contributed by atoms with van der Waals surface area (Å²) in [7, 11) is 0. The van der Waals surface area contributed by atoms with E-state index in [1.165, 1.54) is 16.7 Å². The molecule has 2 aromatic carbocycles. The van der Waals surface area contributed by atoms with E-state index in [1.807, 2.05) is 6.07 Å². The largest absolute Gasteiger partial charge is 0.374 e. The highest BCUT2D eigenvalue weighted by atomic mass is 16.5. The van der Waals surface area contributed by atoms with Crippen molar-refractivity contribution >= 4 is 6.29 Å². The number of benzene rings is 2. The lowest BCUT2D eigenvalue weighted by Gasteiger charge is -2.15. The van der Waals surface area contributed by atoms with Gasteiger partial charge in [0.1, 0.15) is 6.29 Å². The van der Waals surface area contributed by atoms with E-state index in [0.29, 0.717) is 25.0 Å². The van der Waals surface area contributed by atoms with Gasteiger partial charge in [-0.1, -0.05) is 54.6 Å². The molecule has 0 amide bonds. The molecule has 2 nitrogen and oxygen atoms in total. The molecule has 2 heteroatoms. The first kappa shape index (κ1) is 15.0. The number of ether oxygens (including phenoxy) is 1. The van der Waals surface area contributed by atoms with Crippen molar-refractivity contribution in [3.8, 4) is 11.1 Å². The molecule has 22 heavy (non-hydrogen) atoms. The Morgan fingerprint density at radius 3 is 2.59 bits per heavy atom. The third-order valence-corrected chi connectivity index (χ3v) is 4.50. The summed E-state index contributed by atoms with van der Waals surface area (Å²) in [4.78, 5) is 10.6. The van der Waals surface area contributed by atoms with Crippen molar-refractivity contribution in [2.24, 2.45) is 5.92 Å². The van der Waals surface area contributed by atoms with Crippen molar-refractivity contribution in [3.05, 3.63) is 60.2 Å². The molecule has 0 saturated heterocycles. The molecule has 0 N–H and O–H groups in total. The molecule has 1 aliphatic carbocycles. The van der Waals surface area contributed by atoms with Crippen LogP contribution in [-0.4, -0.2) is 12.4 Å². The molecule has 0 aromatic heterocycles. The topological polar surface area (TPSA) is 26.3 Å². The van der Waals surface area contributed by atoms with Gasteiger partial charge < -0.3 is 9.53 Å². The molecule has 0 bridgehead atoms. The first-order valence-corrected chi connectivity index (χ1v) is 8.05. The highest BCUT2D eigenvalue weighted by Crippen LogP contribution is 2.31. The summed E-state index contributed by atoms with van der Waals surface area (Å²) in [5, 5.41) is 0. The fourth-order valence-corrected chi connectivity index (χ4v) is 3.28. The summed E-state index contributed by atoms with van der Waals surface area (Å²) < 4.78 is 6.11. The van der Waals surface area contributed by atoms with Crippen molar-refractivity contribution < 1.29 is 9.53 Å². The Kier molecular flexibility index (Phi) is 5.02. The Morgan fingerprint density at radius 2 is 1.77 bits per heavy atom. The Hall–Kier alpha value is -1.93. The molecule has 0 spiro atoms. The lowest BCUT2D eigenvalue weighted by Crippen LogP contribution is -2.09. The average molecular weight is 294 g/mol. The molecule has 0 aliphatic heterocycles. The lowest BCUT2D eigenvalue weighted by molar-refractivity contribution is -0.108. The van der Waals surface area contributed by atoms with E-state index in [4.69, 9.17) is 4.74 Å². The molecule has 1 fully saturated rings. The van der Waals surface area contributed by atoms with Gasteiger partial charge in [0.15, 0.2) is 0 Å². The summed E-state index contributed by atoms with van der Waals surface area (Å²) in [6.45, 7) is 0.642. The summed E-state index contributed by atoms with van der Waals surface area (Å²) in [6.07, 6.45) is 5.23. The first-order valence-electron chi connectivity index (χ1n) is 8.05. The summed E-state index contributed by atoms with van der Waals surface area (Å²) in [5.74, 6) is 0.520. The van der Waals surface area contributed by atoms with Crippen molar-refractivity contribution in [1.29, 1.82) is 0 Å². The van der Waals surface area contributed by atoms with Crippen molar-refractivity contribution in [3.63, 3.8) is 0 Å². The predicted molar refractivity (Wildman–Crippen MR) is 88.5 cm³/mol. The Balaban J connectivity index is 1.65. The van der Waals surface area contributed by atoms with Gasteiger partial charge in [0.05, 0.1) is 12.7 Å². The molecule has 114 valence electrons. The molecule has 1 unspecified atom stereocenters. The van der Waals surface area contributed by atoms with Crippen LogP contribution in [0.1, 0.15) is 31.2 Å². The van der Waals surface area contributed by atoms with Gasteiger partial charge in [0, 0.05) is 6.42 Å². The van der Waals surface area contributed by atoms with Crippen molar-refractivity contribution in [1.82, 2.24) is 0 Å². The van der Waals surface area contributed by atoms with Gasteiger partial charge in [0.2, 0.25) is 0 Å². The van der Waals surface area contributed by atoms with Crippen LogP contribution < -0.4 is 0 Å². The number of aldehydes is 1. The molecular formula is C20H22O2. The molecule has 1 aliphatic rings. The first-order chi connectivity index (χ1) is 10.9. The maximum absolute atomic E-state index is 10.6. The molecule has 0 heterocycles. The molecule has 2 atom stereocenters. The number of hydrogen-bond acceptors (Lipinski definition) is 2. The van der Waals surface area contributed by atoms with Crippen LogP contribution in [0.3, 0.4) is 0 Å². The number of carbonyl (C=O) groups excluding carboxylic acids is 1. The van der Waals surface area contributed by atoms with Gasteiger partial charge in [-0.15, -0.1) is 0 Å². The van der Waals surface area contributed by atoms with E-state index in [0.717, 1.165) is 25.5 Å². The standard InChI is InChI=1S/C20H22O2/c21-13-12-16-10-11-19(14-16)22-15-18-8-4-5-9-20(18)17-6-2-1-3-7-17/h1-9,13,16,19H,10-12,14-15H2/t16-,19?/m1/s1. The van der Waals surface area contributed by atoms with Gasteiger partial charge in [-0.2, -0.15) is 0 Å². The van der Waals surface area contributed by atoms with E-state index in [-0.39, 0.29) is 0 Å². The Labute approximate surface area is 132 Å². The van der Waals surface area contributed by atoms with Gasteiger partial charge in [0.25, 0.3) is 0 Å². The van der Waals surface area contributed by atoms with Crippen LogP contribution in [0, 0.1) is 5.92 Å². The highest BCUT2D eigenvalue weighted by Gasteiger charge is 2.24. The van der Waals surface area contributed by atoms with Gasteiger partial charge >= 0.3 is 0 Å². The third kappa shape index (κ3) is 3.63. The van der Waals surface area contributed by atoms with E-state index >= 15 is 0 Å². The second-order valence-corrected chi connectivity index (χ2v) is 6.04. The number of rotatable bonds is 6. The van der Waals surface area contributed by atoms with E-state index in [9.17, 15) is 4.79 Å². The third-order valence-electron chi connectivity index (χ3n) is 4.50. The summed E-state index contributed by atoms with van der Waals surface area (Å²) in [5.41, 5.74) is 3.70. The van der Waals surface area contributed by atoms with E-state index in [2.05, 4.69) is 48.5 Å². The molecule has 0 radical (unpaired) electrons. The molecule has 3 rings (SSSR count). The zero-order valence-electron chi connectivity index (χ0n) is 12.8. The van der Waals surface area contributed by atoms with Crippen LogP contribution >= 0.6 is 0 Å². The Morgan fingerprint density at radius 1 is 1.00 bits per heavy atom. The van der Waals surface area contributed by atoms with Gasteiger partial charge in [-0.05, 0) is 41.9 Å². The highest BCUT2D eigenvalue weighted by molar-refractivity contribution is 5.67. The van der Waals surface area contributed by atoms with Crippen LogP contribution in [0.4, 0.5) is 0 Å². The second-order valence-electron chi connectivity index (χ2n) is 6.04. The number of hydrogen-bond donors (Lipinski definition) is 0. The molecular weight excluding hydrogens is 272 g/mol. The summed E-state index contributed by atoms with van der Waals surface area (Å²) in [6, 6.07) is 18.9. The SMILES string of the molecule is O=CC[C@H]1CCC(OCc2ccccc2-c2ccccc2)C1. The van der Waals surface area contributed by atoms with Crippen LogP contribution in [0.25, 0.3) is 11.1 Å². The van der Waals surface area contributed by atoms with E-state index in [1.54, 1.807) is 0 Å². The summed E-state index contributed by atoms with van der Waals surface area (Å²) >= 11 is 0. The minimum absolute atomic E-state index is 0.300. The minimum atomic E-state index is 0.300. The van der Waals surface area contributed by atoms with Crippen LogP contribution in [-0.2, 0) is 16.1 Å². The van der Waals surface area contributed by atoms with Crippen LogP contribution in [0.15, 0.2) is 54.6 Å². The average Bonchev–Trinajstić information content (AvgIpc) is 3.02. The van der Waals surface area contributed by atoms with E-state index < -0.39 is 0 Å². The monoisotopic (exact) mass is 294 g/mol. The quantitative estimate of drug-likeness (QED) is 0.726. The Bertz CT molecular complexity index is 606. The van der Waals surface area contributed by atoms with Crippen molar-refractivity contribution in [2.45, 2.75) is 38.4 Å². The fraction of sp³-hybridized carbons (Fsp3) is 0.350. The van der Waals surface area contributed by atoms with Crippen LogP contribution in [0.2, 0.25) is 0 Å². The number of carbonyl (C=O) groups is 1. The maximum atomic E-state index is 10.6. The fourth-order valence-electron chi connectivity index (χ4n) is 3.28. The minimum Gasteiger partial charge on any atom is -0.374 e. The molecule has 1 saturated carbocycles.